The number of hydrogen-bond donors (Lipinski definition) is 0. The van der Waals surface area contributed by atoms with Gasteiger partial charge in [0, 0.05) is 26.7 Å². The summed E-state index contributed by atoms with van der Waals surface area (Å²) < 4.78 is 5.20. The lowest BCUT2D eigenvalue weighted by Gasteiger charge is -2.35. The number of rotatable bonds is 3. The molecule has 0 radical (unpaired) electrons. The van der Waals surface area contributed by atoms with Crippen molar-refractivity contribution in [1.29, 1.82) is 0 Å². The minimum absolute atomic E-state index is 0.836. The van der Waals surface area contributed by atoms with Crippen molar-refractivity contribution in [3.05, 3.63) is 41.7 Å². The predicted octanol–water partition coefficient (Wildman–Crippen LogP) is 2.25. The largest absolute Gasteiger partial charge is 0.497 e. The zero-order valence-corrected chi connectivity index (χ0v) is 12.7. The molecule has 110 valence electrons. The molecule has 0 saturated carbocycles. The summed E-state index contributed by atoms with van der Waals surface area (Å²) in [7, 11) is 3.75. The van der Waals surface area contributed by atoms with Gasteiger partial charge in [0.05, 0.1) is 19.0 Å². The molecular formula is C16H20N4O. The van der Waals surface area contributed by atoms with Crippen LogP contribution in [0.3, 0.4) is 0 Å². The Hall–Kier alpha value is -2.30. The van der Waals surface area contributed by atoms with E-state index in [2.05, 4.69) is 38.9 Å². The highest BCUT2D eigenvalue weighted by atomic mass is 16.5. The van der Waals surface area contributed by atoms with Gasteiger partial charge in [-0.05, 0) is 24.6 Å². The molecule has 0 bridgehead atoms. The molecule has 2 heterocycles. The maximum atomic E-state index is 5.20. The van der Waals surface area contributed by atoms with Crippen molar-refractivity contribution in [2.75, 3.05) is 37.0 Å². The van der Waals surface area contributed by atoms with E-state index in [1.165, 1.54) is 5.56 Å². The molecule has 0 unspecified atom stereocenters. The number of nitrogens with zero attached hydrogens (tertiary/aromatic N) is 4. The first kappa shape index (κ1) is 13.7. The lowest BCUT2D eigenvalue weighted by atomic mass is 10.2. The highest BCUT2D eigenvalue weighted by Gasteiger charge is 2.23. The van der Waals surface area contributed by atoms with Gasteiger partial charge in [-0.2, -0.15) is 0 Å². The quantitative estimate of drug-likeness (QED) is 0.864. The van der Waals surface area contributed by atoms with Crippen molar-refractivity contribution < 1.29 is 4.74 Å². The van der Waals surface area contributed by atoms with Crippen LogP contribution in [0.5, 0.6) is 5.75 Å². The first-order chi connectivity index (χ1) is 10.2. The van der Waals surface area contributed by atoms with Crippen LogP contribution >= 0.6 is 0 Å². The number of hydrogen-bond acceptors (Lipinski definition) is 5. The Labute approximate surface area is 125 Å². The third-order valence-corrected chi connectivity index (χ3v) is 3.75. The van der Waals surface area contributed by atoms with Crippen molar-refractivity contribution >= 4 is 11.6 Å². The highest BCUT2D eigenvalue weighted by molar-refractivity contribution is 5.64. The van der Waals surface area contributed by atoms with Gasteiger partial charge >= 0.3 is 0 Å². The molecule has 21 heavy (non-hydrogen) atoms. The maximum Gasteiger partial charge on any atom is 0.172 e. The smallest absolute Gasteiger partial charge is 0.172 e. The number of aromatic nitrogens is 2. The van der Waals surface area contributed by atoms with Crippen LogP contribution in [0.15, 0.2) is 30.5 Å². The molecule has 1 aliphatic heterocycles. The normalized spacial score (nSPS) is 14.0. The van der Waals surface area contributed by atoms with E-state index >= 15 is 0 Å². The summed E-state index contributed by atoms with van der Waals surface area (Å²) in [4.78, 5) is 13.6. The Morgan fingerprint density at radius 2 is 1.90 bits per heavy atom. The second kappa shape index (κ2) is 5.60. The van der Waals surface area contributed by atoms with E-state index in [4.69, 9.17) is 4.74 Å². The van der Waals surface area contributed by atoms with Gasteiger partial charge in [-0.1, -0.05) is 12.1 Å². The van der Waals surface area contributed by atoms with Crippen LogP contribution in [-0.2, 0) is 6.54 Å². The average Bonchev–Trinajstić information content (AvgIpc) is 2.51. The van der Waals surface area contributed by atoms with Gasteiger partial charge in [0.1, 0.15) is 5.75 Å². The second-order valence-electron chi connectivity index (χ2n) is 5.35. The van der Waals surface area contributed by atoms with Gasteiger partial charge in [-0.25, -0.2) is 9.97 Å². The van der Waals surface area contributed by atoms with Crippen LogP contribution in [0.4, 0.5) is 11.6 Å². The van der Waals surface area contributed by atoms with Crippen LogP contribution in [0.1, 0.15) is 11.3 Å². The van der Waals surface area contributed by atoms with Gasteiger partial charge in [0.15, 0.2) is 11.6 Å². The Kier molecular flexibility index (Phi) is 3.64. The predicted molar refractivity (Wildman–Crippen MR) is 84.1 cm³/mol. The van der Waals surface area contributed by atoms with E-state index in [1.807, 2.05) is 25.3 Å². The third-order valence-electron chi connectivity index (χ3n) is 3.75. The fourth-order valence-corrected chi connectivity index (χ4v) is 2.53. The van der Waals surface area contributed by atoms with Crippen LogP contribution in [-0.4, -0.2) is 37.2 Å². The number of fused-ring (bicyclic) bond motifs is 1. The molecule has 0 spiro atoms. The summed E-state index contributed by atoms with van der Waals surface area (Å²) in [5, 5.41) is 0. The molecule has 0 amide bonds. The fraction of sp³-hybridized carbons (Fsp3) is 0.375. The Bertz CT molecular complexity index is 627. The fourth-order valence-electron chi connectivity index (χ4n) is 2.53. The summed E-state index contributed by atoms with van der Waals surface area (Å²) in [6.07, 6.45) is 1.83. The van der Waals surface area contributed by atoms with Crippen LogP contribution < -0.4 is 14.5 Å². The zero-order valence-electron chi connectivity index (χ0n) is 12.7. The molecule has 1 aromatic carbocycles. The lowest BCUT2D eigenvalue weighted by Crippen LogP contribution is -2.40. The maximum absolute atomic E-state index is 5.20. The molecule has 0 atom stereocenters. The van der Waals surface area contributed by atoms with Gasteiger partial charge in [0.2, 0.25) is 0 Å². The zero-order chi connectivity index (χ0) is 14.8. The Balaban J connectivity index is 1.86. The highest BCUT2D eigenvalue weighted by Crippen LogP contribution is 2.29. The molecule has 3 rings (SSSR count). The van der Waals surface area contributed by atoms with E-state index in [0.29, 0.717) is 0 Å². The molecule has 0 fully saturated rings. The van der Waals surface area contributed by atoms with Crippen molar-refractivity contribution in [3.8, 4) is 5.75 Å². The molecule has 1 aliphatic rings. The average molecular weight is 284 g/mol. The monoisotopic (exact) mass is 284 g/mol. The second-order valence-corrected chi connectivity index (χ2v) is 5.35. The van der Waals surface area contributed by atoms with E-state index in [0.717, 1.165) is 42.7 Å². The van der Waals surface area contributed by atoms with Gasteiger partial charge in [0.25, 0.3) is 0 Å². The van der Waals surface area contributed by atoms with Crippen molar-refractivity contribution in [3.63, 3.8) is 0 Å². The van der Waals surface area contributed by atoms with Gasteiger partial charge in [-0.15, -0.1) is 0 Å². The van der Waals surface area contributed by atoms with Crippen LogP contribution in [0.25, 0.3) is 0 Å². The van der Waals surface area contributed by atoms with Crippen molar-refractivity contribution in [2.24, 2.45) is 0 Å². The first-order valence-corrected chi connectivity index (χ1v) is 7.10. The van der Waals surface area contributed by atoms with E-state index in [9.17, 15) is 0 Å². The minimum Gasteiger partial charge on any atom is -0.497 e. The minimum atomic E-state index is 0.836. The number of anilines is 2. The third kappa shape index (κ3) is 2.77. The first-order valence-electron chi connectivity index (χ1n) is 7.10. The van der Waals surface area contributed by atoms with E-state index in [1.54, 1.807) is 7.11 Å². The lowest BCUT2D eigenvalue weighted by molar-refractivity contribution is 0.414. The van der Waals surface area contributed by atoms with Crippen molar-refractivity contribution in [2.45, 2.75) is 13.5 Å². The molecule has 0 saturated heterocycles. The topological polar surface area (TPSA) is 41.5 Å². The van der Waals surface area contributed by atoms with E-state index < -0.39 is 0 Å². The summed E-state index contributed by atoms with van der Waals surface area (Å²) in [6.45, 7) is 4.73. The molecule has 0 aliphatic carbocycles. The molecule has 5 heteroatoms. The number of methoxy groups -OCH3 is 1. The SMILES string of the molecule is COc1ccc(CN2CCN(C)c3ncc(C)nc32)cc1. The van der Waals surface area contributed by atoms with Gasteiger partial charge < -0.3 is 14.5 Å². The standard InChI is InChI=1S/C16H20N4O/c1-12-10-17-15-16(18-12)20(9-8-19(15)2)11-13-4-6-14(21-3)7-5-13/h4-7,10H,8-9,11H2,1-3H3. The molecular weight excluding hydrogens is 264 g/mol. The summed E-state index contributed by atoms with van der Waals surface area (Å²) in [6, 6.07) is 8.18. The Morgan fingerprint density at radius 1 is 1.14 bits per heavy atom. The number of benzene rings is 1. The van der Waals surface area contributed by atoms with Gasteiger partial charge in [-0.3, -0.25) is 0 Å². The van der Waals surface area contributed by atoms with Crippen LogP contribution in [0, 0.1) is 6.92 Å². The summed E-state index contributed by atoms with van der Waals surface area (Å²) in [5.41, 5.74) is 2.19. The number of aryl methyl sites for hydroxylation is 1. The molecule has 0 N–H and O–H groups in total. The Morgan fingerprint density at radius 3 is 2.62 bits per heavy atom. The summed E-state index contributed by atoms with van der Waals surface area (Å²) >= 11 is 0. The van der Waals surface area contributed by atoms with Crippen LogP contribution in [0.2, 0.25) is 0 Å². The van der Waals surface area contributed by atoms with Crippen molar-refractivity contribution in [1.82, 2.24) is 9.97 Å². The molecule has 5 nitrogen and oxygen atoms in total. The summed E-state index contributed by atoms with van der Waals surface area (Å²) in [5.74, 6) is 2.81. The molecule has 2 aromatic rings. The molecule has 1 aromatic heterocycles. The number of ether oxygens (including phenoxy) is 1. The number of likely N-dealkylation sites (N-methyl/N-ethyl adjacent to an activating group) is 1. The van der Waals surface area contributed by atoms with E-state index in [-0.39, 0.29) is 0 Å².